The third-order valence-corrected chi connectivity index (χ3v) is 3.71. The fraction of sp³-hybridized carbons (Fsp3) is 0.250. The summed E-state index contributed by atoms with van der Waals surface area (Å²) in [6.45, 7) is 0. The molecular weight excluding hydrogens is 263 g/mol. The van der Waals surface area contributed by atoms with Crippen molar-refractivity contribution in [2.75, 3.05) is 0 Å². The third kappa shape index (κ3) is 2.74. The summed E-state index contributed by atoms with van der Waals surface area (Å²) in [4.78, 5) is 0. The lowest BCUT2D eigenvalue weighted by atomic mass is 10.0. The van der Waals surface area contributed by atoms with Crippen LogP contribution in [0, 0.1) is 5.82 Å². The van der Waals surface area contributed by atoms with Crippen molar-refractivity contribution in [1.82, 2.24) is 0 Å². The van der Waals surface area contributed by atoms with Gasteiger partial charge in [0.25, 0.3) is 0 Å². The van der Waals surface area contributed by atoms with Crippen LogP contribution in [0.2, 0.25) is 0 Å². The Labute approximate surface area is 117 Å². The Kier molecular flexibility index (Phi) is 3.43. The molecule has 0 fully saturated rings. The van der Waals surface area contributed by atoms with Gasteiger partial charge in [0.1, 0.15) is 17.7 Å². The van der Waals surface area contributed by atoms with E-state index in [0.29, 0.717) is 6.42 Å². The molecule has 0 aliphatic carbocycles. The van der Waals surface area contributed by atoms with Crippen LogP contribution in [-0.4, -0.2) is 5.38 Å². The van der Waals surface area contributed by atoms with Crippen molar-refractivity contribution in [2.45, 2.75) is 24.3 Å². The number of para-hydroxylation sites is 1. The van der Waals surface area contributed by atoms with Crippen molar-refractivity contribution in [2.24, 2.45) is 0 Å². The topological polar surface area (TPSA) is 9.23 Å². The minimum Gasteiger partial charge on any atom is -0.485 e. The number of rotatable bonds is 1. The highest BCUT2D eigenvalue weighted by atomic mass is 35.5. The summed E-state index contributed by atoms with van der Waals surface area (Å²) in [6, 6.07) is 14.4. The van der Waals surface area contributed by atoms with E-state index in [1.54, 1.807) is 6.07 Å². The number of halogens is 2. The van der Waals surface area contributed by atoms with Crippen LogP contribution < -0.4 is 4.74 Å². The zero-order valence-corrected chi connectivity index (χ0v) is 11.1. The first kappa shape index (κ1) is 12.5. The van der Waals surface area contributed by atoms with Gasteiger partial charge >= 0.3 is 0 Å². The van der Waals surface area contributed by atoms with Gasteiger partial charge in [-0.15, -0.1) is 11.6 Å². The molecule has 0 unspecified atom stereocenters. The van der Waals surface area contributed by atoms with Crippen LogP contribution >= 0.6 is 11.6 Å². The maximum Gasteiger partial charge on any atom is 0.125 e. The first-order valence-electron chi connectivity index (χ1n) is 6.36. The Balaban J connectivity index is 1.95. The Bertz CT molecular complexity index is 584. The summed E-state index contributed by atoms with van der Waals surface area (Å²) in [5.74, 6) is 0.602. The molecule has 19 heavy (non-hydrogen) atoms. The number of ether oxygens (including phenoxy) is 1. The van der Waals surface area contributed by atoms with E-state index in [4.69, 9.17) is 16.3 Å². The minimum absolute atomic E-state index is 0.00285. The highest BCUT2D eigenvalue weighted by molar-refractivity contribution is 6.20. The molecule has 98 valence electrons. The molecule has 3 rings (SSSR count). The van der Waals surface area contributed by atoms with Crippen molar-refractivity contribution in [3.8, 4) is 5.75 Å². The van der Waals surface area contributed by atoms with Crippen LogP contribution in [-0.2, 0) is 6.42 Å². The SMILES string of the molecule is Fc1cccc([C@H]2C[C@H](Cl)Cc3ccccc3O2)c1. The normalized spacial score (nSPS) is 22.2. The molecule has 0 aromatic heterocycles. The summed E-state index contributed by atoms with van der Waals surface area (Å²) in [5, 5.41) is -0.00285. The summed E-state index contributed by atoms with van der Waals surface area (Å²) >= 11 is 6.36. The van der Waals surface area contributed by atoms with Gasteiger partial charge in [0.15, 0.2) is 0 Å². The lowest BCUT2D eigenvalue weighted by Crippen LogP contribution is -2.11. The average molecular weight is 277 g/mol. The standard InChI is InChI=1S/C16H14ClFO/c17-13-8-11-4-1-2-7-15(11)19-16(10-13)12-5-3-6-14(18)9-12/h1-7,9,13,16H,8,10H2/t13-,16-/m1/s1. The summed E-state index contributed by atoms with van der Waals surface area (Å²) in [6.07, 6.45) is 1.27. The van der Waals surface area contributed by atoms with E-state index in [0.717, 1.165) is 23.3 Å². The number of alkyl halides is 1. The molecule has 1 aliphatic heterocycles. The van der Waals surface area contributed by atoms with Crippen molar-refractivity contribution in [3.05, 3.63) is 65.5 Å². The second kappa shape index (κ2) is 5.22. The van der Waals surface area contributed by atoms with Crippen molar-refractivity contribution in [1.29, 1.82) is 0 Å². The molecule has 2 atom stereocenters. The Morgan fingerprint density at radius 3 is 2.79 bits per heavy atom. The fourth-order valence-electron chi connectivity index (χ4n) is 2.45. The van der Waals surface area contributed by atoms with Crippen LogP contribution in [0.1, 0.15) is 23.7 Å². The van der Waals surface area contributed by atoms with Gasteiger partial charge in [-0.1, -0.05) is 30.3 Å². The number of hydrogen-bond donors (Lipinski definition) is 0. The van der Waals surface area contributed by atoms with Gasteiger partial charge in [-0.3, -0.25) is 0 Å². The molecule has 0 radical (unpaired) electrons. The van der Waals surface area contributed by atoms with E-state index in [1.807, 2.05) is 30.3 Å². The van der Waals surface area contributed by atoms with E-state index < -0.39 is 0 Å². The molecule has 0 saturated carbocycles. The molecule has 1 aliphatic rings. The highest BCUT2D eigenvalue weighted by Crippen LogP contribution is 2.35. The van der Waals surface area contributed by atoms with Crippen LogP contribution in [0.25, 0.3) is 0 Å². The lowest BCUT2D eigenvalue weighted by molar-refractivity contribution is 0.200. The zero-order chi connectivity index (χ0) is 13.2. The van der Waals surface area contributed by atoms with Gasteiger partial charge < -0.3 is 4.74 Å². The van der Waals surface area contributed by atoms with Crippen molar-refractivity contribution >= 4 is 11.6 Å². The minimum atomic E-state index is -0.246. The molecule has 0 spiro atoms. The largest absolute Gasteiger partial charge is 0.485 e. The molecule has 2 aromatic rings. The first-order chi connectivity index (χ1) is 9.22. The molecular formula is C16H14ClFO. The monoisotopic (exact) mass is 276 g/mol. The van der Waals surface area contributed by atoms with Crippen LogP contribution in [0.5, 0.6) is 5.75 Å². The predicted molar refractivity (Wildman–Crippen MR) is 74.2 cm³/mol. The van der Waals surface area contributed by atoms with Crippen LogP contribution in [0.4, 0.5) is 4.39 Å². The molecule has 1 heterocycles. The maximum absolute atomic E-state index is 13.3. The van der Waals surface area contributed by atoms with Crippen LogP contribution in [0.3, 0.4) is 0 Å². The van der Waals surface area contributed by atoms with Gasteiger partial charge in [-0.2, -0.15) is 0 Å². The molecule has 0 bridgehead atoms. The molecule has 0 amide bonds. The number of fused-ring (bicyclic) bond motifs is 1. The summed E-state index contributed by atoms with van der Waals surface area (Å²) in [5.41, 5.74) is 1.95. The second-order valence-electron chi connectivity index (χ2n) is 4.81. The molecule has 0 saturated heterocycles. The molecule has 2 aromatic carbocycles. The Morgan fingerprint density at radius 1 is 1.11 bits per heavy atom. The Hall–Kier alpha value is -1.54. The highest BCUT2D eigenvalue weighted by Gasteiger charge is 2.24. The third-order valence-electron chi connectivity index (χ3n) is 3.37. The first-order valence-corrected chi connectivity index (χ1v) is 6.80. The van der Waals surface area contributed by atoms with Crippen molar-refractivity contribution in [3.63, 3.8) is 0 Å². The number of hydrogen-bond acceptors (Lipinski definition) is 1. The quantitative estimate of drug-likeness (QED) is 0.697. The van der Waals surface area contributed by atoms with Gasteiger partial charge in [-0.25, -0.2) is 4.39 Å². The van der Waals surface area contributed by atoms with E-state index in [2.05, 4.69) is 0 Å². The zero-order valence-electron chi connectivity index (χ0n) is 10.4. The van der Waals surface area contributed by atoms with E-state index in [-0.39, 0.29) is 17.3 Å². The molecule has 0 N–H and O–H groups in total. The average Bonchev–Trinajstić information content (AvgIpc) is 2.56. The second-order valence-corrected chi connectivity index (χ2v) is 5.42. The van der Waals surface area contributed by atoms with E-state index in [1.165, 1.54) is 12.1 Å². The van der Waals surface area contributed by atoms with Gasteiger partial charge in [0.05, 0.1) is 0 Å². The van der Waals surface area contributed by atoms with Crippen molar-refractivity contribution < 1.29 is 9.13 Å². The molecule has 3 heteroatoms. The smallest absolute Gasteiger partial charge is 0.125 e. The van der Waals surface area contributed by atoms with Gasteiger partial charge in [0, 0.05) is 11.8 Å². The lowest BCUT2D eigenvalue weighted by Gasteiger charge is -2.18. The molecule has 1 nitrogen and oxygen atoms in total. The maximum atomic E-state index is 13.3. The van der Waals surface area contributed by atoms with Gasteiger partial charge in [-0.05, 0) is 35.7 Å². The van der Waals surface area contributed by atoms with E-state index in [9.17, 15) is 4.39 Å². The summed E-state index contributed by atoms with van der Waals surface area (Å²) in [7, 11) is 0. The Morgan fingerprint density at radius 2 is 1.95 bits per heavy atom. The van der Waals surface area contributed by atoms with Crippen LogP contribution in [0.15, 0.2) is 48.5 Å². The number of benzene rings is 2. The van der Waals surface area contributed by atoms with E-state index >= 15 is 0 Å². The summed E-state index contributed by atoms with van der Waals surface area (Å²) < 4.78 is 19.3. The fourth-order valence-corrected chi connectivity index (χ4v) is 2.78. The van der Waals surface area contributed by atoms with Gasteiger partial charge in [0.2, 0.25) is 0 Å². The predicted octanol–water partition coefficient (Wildman–Crippen LogP) is 4.50.